The highest BCUT2D eigenvalue weighted by Gasteiger charge is 2.36. The monoisotopic (exact) mass is 438 g/mol. The number of carboxylic acid groups (broad SMARTS) is 1. The number of benzene rings is 1. The van der Waals surface area contributed by atoms with E-state index in [1.165, 1.54) is 0 Å². The summed E-state index contributed by atoms with van der Waals surface area (Å²) in [4.78, 5) is 39.1. The van der Waals surface area contributed by atoms with E-state index in [0.717, 1.165) is 32.6 Å². The SMILES string of the molecule is O=C(O)COCC(=O)N1C[C@H]2C[C@H](C1)c1ccc(-c3cc4ccccc4s3)c(=O)n1C2. The first-order valence-electron chi connectivity index (χ1n) is 10.3. The number of hydrogen-bond acceptors (Lipinski definition) is 5. The molecule has 1 aromatic carbocycles. The topological polar surface area (TPSA) is 88.8 Å². The second-order valence-corrected chi connectivity index (χ2v) is 9.30. The Morgan fingerprint density at radius 1 is 1.10 bits per heavy atom. The highest BCUT2D eigenvalue weighted by Crippen LogP contribution is 2.37. The molecule has 1 fully saturated rings. The molecule has 5 rings (SSSR count). The molecule has 0 aliphatic carbocycles. The zero-order chi connectivity index (χ0) is 21.5. The normalized spacial score (nSPS) is 19.9. The number of piperidine rings is 1. The second-order valence-electron chi connectivity index (χ2n) is 8.22. The van der Waals surface area contributed by atoms with E-state index in [1.54, 1.807) is 16.2 Å². The van der Waals surface area contributed by atoms with Gasteiger partial charge in [0.1, 0.15) is 13.2 Å². The molecular weight excluding hydrogens is 416 g/mol. The van der Waals surface area contributed by atoms with Gasteiger partial charge in [-0.25, -0.2) is 4.79 Å². The lowest BCUT2D eigenvalue weighted by atomic mass is 9.83. The first kappa shape index (κ1) is 20.0. The number of nitrogens with zero attached hydrogens (tertiary/aromatic N) is 2. The highest BCUT2D eigenvalue weighted by atomic mass is 32.1. The van der Waals surface area contributed by atoms with E-state index < -0.39 is 12.6 Å². The fraction of sp³-hybridized carbons (Fsp3) is 0.348. The Hall–Kier alpha value is -2.97. The highest BCUT2D eigenvalue weighted by molar-refractivity contribution is 7.22. The Kier molecular flexibility index (Phi) is 5.11. The molecule has 2 aliphatic rings. The van der Waals surface area contributed by atoms with Gasteiger partial charge >= 0.3 is 5.97 Å². The second kappa shape index (κ2) is 7.94. The summed E-state index contributed by atoms with van der Waals surface area (Å²) in [6.45, 7) is 0.954. The van der Waals surface area contributed by atoms with Crippen LogP contribution in [0.2, 0.25) is 0 Å². The van der Waals surface area contributed by atoms with Crippen LogP contribution in [0.5, 0.6) is 0 Å². The minimum Gasteiger partial charge on any atom is -0.480 e. The van der Waals surface area contributed by atoms with Gasteiger partial charge in [-0.15, -0.1) is 11.3 Å². The Morgan fingerprint density at radius 2 is 1.94 bits per heavy atom. The number of thiophene rings is 1. The van der Waals surface area contributed by atoms with Gasteiger partial charge in [0.05, 0.1) is 5.56 Å². The van der Waals surface area contributed by atoms with Crippen LogP contribution in [0.3, 0.4) is 0 Å². The van der Waals surface area contributed by atoms with E-state index >= 15 is 0 Å². The van der Waals surface area contributed by atoms with Crippen LogP contribution in [0.15, 0.2) is 47.3 Å². The van der Waals surface area contributed by atoms with Crippen molar-refractivity contribution in [2.45, 2.75) is 18.9 Å². The molecule has 7 nitrogen and oxygen atoms in total. The molecular formula is C23H22N2O5S. The number of rotatable bonds is 5. The van der Waals surface area contributed by atoms with Gasteiger partial charge in [0.15, 0.2) is 0 Å². The van der Waals surface area contributed by atoms with Crippen molar-refractivity contribution in [1.82, 2.24) is 9.47 Å². The number of hydrogen-bond donors (Lipinski definition) is 1. The zero-order valence-corrected chi connectivity index (χ0v) is 17.6. The third-order valence-electron chi connectivity index (χ3n) is 6.10. The lowest BCUT2D eigenvalue weighted by Gasteiger charge is -2.42. The lowest BCUT2D eigenvalue weighted by Crippen LogP contribution is -2.50. The van der Waals surface area contributed by atoms with E-state index in [1.807, 2.05) is 28.8 Å². The van der Waals surface area contributed by atoms with Crippen LogP contribution in [0.1, 0.15) is 18.0 Å². The molecule has 0 saturated carbocycles. The molecule has 2 aliphatic heterocycles. The van der Waals surface area contributed by atoms with Crippen molar-refractivity contribution in [3.63, 3.8) is 0 Å². The fourth-order valence-electron chi connectivity index (χ4n) is 4.77. The predicted molar refractivity (Wildman–Crippen MR) is 117 cm³/mol. The number of likely N-dealkylation sites (tertiary alicyclic amines) is 1. The molecule has 3 aromatic rings. The van der Waals surface area contributed by atoms with Crippen LogP contribution in [0, 0.1) is 5.92 Å². The number of carboxylic acids is 1. The average molecular weight is 439 g/mol. The van der Waals surface area contributed by atoms with Gasteiger partial charge in [-0.05, 0) is 42.0 Å². The molecule has 2 bridgehead atoms. The molecule has 4 heterocycles. The minimum atomic E-state index is -1.09. The molecule has 1 amide bonds. The number of pyridine rings is 1. The van der Waals surface area contributed by atoms with Gasteiger partial charge in [-0.1, -0.05) is 18.2 Å². The standard InChI is InChI=1S/C23H22N2O5S/c26-21(12-30-13-22(27)28)24-9-14-7-16(11-24)18-6-5-17(23(29)25(18)10-14)20-8-15-3-1-2-4-19(15)31-20/h1-6,8,14,16H,7,9-13H2,(H,27,28)/t14-,16-/m1/s1. The lowest BCUT2D eigenvalue weighted by molar-refractivity contribution is -0.146. The van der Waals surface area contributed by atoms with Gasteiger partial charge in [-0.3, -0.25) is 9.59 Å². The number of carbonyl (C=O) groups excluding carboxylic acids is 1. The summed E-state index contributed by atoms with van der Waals surface area (Å²) in [7, 11) is 0. The van der Waals surface area contributed by atoms with Gasteiger partial charge < -0.3 is 19.3 Å². The number of amides is 1. The number of ether oxygens (including phenoxy) is 1. The Bertz CT molecular complexity index is 1200. The van der Waals surface area contributed by atoms with Gasteiger partial charge in [-0.2, -0.15) is 0 Å². The summed E-state index contributed by atoms with van der Waals surface area (Å²) >= 11 is 1.63. The summed E-state index contributed by atoms with van der Waals surface area (Å²) in [5.41, 5.74) is 1.72. The molecule has 0 unspecified atom stereocenters. The van der Waals surface area contributed by atoms with Gasteiger partial charge in [0, 0.05) is 40.8 Å². The zero-order valence-electron chi connectivity index (χ0n) is 16.8. The average Bonchev–Trinajstić information content (AvgIpc) is 3.18. The largest absolute Gasteiger partial charge is 0.480 e. The summed E-state index contributed by atoms with van der Waals surface area (Å²) in [6.07, 6.45) is 0.946. The summed E-state index contributed by atoms with van der Waals surface area (Å²) in [5.74, 6) is -0.996. The number of carbonyl (C=O) groups is 2. The van der Waals surface area contributed by atoms with E-state index in [2.05, 4.69) is 18.2 Å². The van der Waals surface area contributed by atoms with E-state index in [-0.39, 0.29) is 29.9 Å². The maximum absolute atomic E-state index is 13.4. The molecule has 0 radical (unpaired) electrons. The molecule has 160 valence electrons. The Labute approximate surface area is 182 Å². The van der Waals surface area contributed by atoms with Gasteiger partial charge in [0.2, 0.25) is 5.91 Å². The Morgan fingerprint density at radius 3 is 2.74 bits per heavy atom. The van der Waals surface area contributed by atoms with Crippen molar-refractivity contribution >= 4 is 33.3 Å². The maximum atomic E-state index is 13.4. The first-order valence-corrected chi connectivity index (χ1v) is 11.1. The van der Waals surface area contributed by atoms with E-state index in [4.69, 9.17) is 9.84 Å². The molecule has 2 atom stereocenters. The van der Waals surface area contributed by atoms with Crippen LogP contribution >= 0.6 is 11.3 Å². The summed E-state index contributed by atoms with van der Waals surface area (Å²) in [6, 6.07) is 14.1. The van der Waals surface area contributed by atoms with Crippen molar-refractivity contribution in [1.29, 1.82) is 0 Å². The Balaban J connectivity index is 1.40. The molecule has 0 spiro atoms. The van der Waals surface area contributed by atoms with Crippen LogP contribution < -0.4 is 5.56 Å². The van der Waals surface area contributed by atoms with Crippen molar-refractivity contribution in [2.75, 3.05) is 26.3 Å². The third-order valence-corrected chi connectivity index (χ3v) is 7.25. The van der Waals surface area contributed by atoms with E-state index in [9.17, 15) is 14.4 Å². The van der Waals surface area contributed by atoms with Crippen molar-refractivity contribution in [3.8, 4) is 10.4 Å². The van der Waals surface area contributed by atoms with Crippen molar-refractivity contribution in [3.05, 3.63) is 58.5 Å². The van der Waals surface area contributed by atoms with Crippen LogP contribution in [0.25, 0.3) is 20.5 Å². The van der Waals surface area contributed by atoms with Crippen LogP contribution in [0.4, 0.5) is 0 Å². The smallest absolute Gasteiger partial charge is 0.329 e. The summed E-state index contributed by atoms with van der Waals surface area (Å²) in [5, 5.41) is 9.81. The first-order chi connectivity index (χ1) is 15.0. The predicted octanol–water partition coefficient (Wildman–Crippen LogP) is 2.78. The number of fused-ring (bicyclic) bond motifs is 5. The molecule has 31 heavy (non-hydrogen) atoms. The molecule has 8 heteroatoms. The number of aliphatic carboxylic acids is 1. The molecule has 2 aromatic heterocycles. The quantitative estimate of drug-likeness (QED) is 0.662. The molecule has 1 saturated heterocycles. The minimum absolute atomic E-state index is 0.0309. The van der Waals surface area contributed by atoms with Crippen molar-refractivity contribution in [2.24, 2.45) is 5.92 Å². The fourth-order valence-corrected chi connectivity index (χ4v) is 5.85. The summed E-state index contributed by atoms with van der Waals surface area (Å²) < 4.78 is 8.02. The number of aromatic nitrogens is 1. The van der Waals surface area contributed by atoms with Crippen LogP contribution in [-0.4, -0.2) is 52.8 Å². The van der Waals surface area contributed by atoms with Crippen LogP contribution in [-0.2, 0) is 20.9 Å². The maximum Gasteiger partial charge on any atom is 0.329 e. The molecule has 1 N–H and O–H groups in total. The third kappa shape index (κ3) is 3.77. The van der Waals surface area contributed by atoms with Crippen molar-refractivity contribution < 1.29 is 19.4 Å². The van der Waals surface area contributed by atoms with E-state index in [0.29, 0.717) is 19.6 Å². The van der Waals surface area contributed by atoms with Gasteiger partial charge in [0.25, 0.3) is 5.56 Å².